The van der Waals surface area contributed by atoms with Crippen molar-refractivity contribution in [1.29, 1.82) is 0 Å². The number of rotatable bonds is 5. The molecule has 0 spiro atoms. The molecule has 2 N–H and O–H groups in total. The molecule has 1 rings (SSSR count). The normalized spacial score (nSPS) is 21.9. The molecule has 2 atom stereocenters. The maximum atomic E-state index is 10.9. The molecule has 0 amide bonds. The molecule has 0 bridgehead atoms. The molecule has 0 aromatic heterocycles. The van der Waals surface area contributed by atoms with Crippen molar-refractivity contribution in [3.8, 4) is 0 Å². The van der Waals surface area contributed by atoms with E-state index >= 15 is 0 Å². The summed E-state index contributed by atoms with van der Waals surface area (Å²) in [7, 11) is 0. The van der Waals surface area contributed by atoms with Crippen LogP contribution in [-0.4, -0.2) is 11.8 Å². The van der Waals surface area contributed by atoms with E-state index in [0.717, 1.165) is 12.3 Å². The lowest BCUT2D eigenvalue weighted by Gasteiger charge is -2.14. The third-order valence-corrected chi connectivity index (χ3v) is 2.61. The molecule has 2 nitrogen and oxygen atoms in total. The van der Waals surface area contributed by atoms with Gasteiger partial charge in [0.05, 0.1) is 6.04 Å². The van der Waals surface area contributed by atoms with Crippen LogP contribution in [0, 0.1) is 11.8 Å². The van der Waals surface area contributed by atoms with E-state index in [1.54, 1.807) is 6.92 Å². The average molecular weight is 169 g/mol. The maximum absolute atomic E-state index is 10.9. The minimum atomic E-state index is -0.223. The van der Waals surface area contributed by atoms with Crippen LogP contribution in [-0.2, 0) is 4.79 Å². The monoisotopic (exact) mass is 169 g/mol. The van der Waals surface area contributed by atoms with Crippen LogP contribution in [0.25, 0.3) is 0 Å². The predicted molar refractivity (Wildman–Crippen MR) is 49.8 cm³/mol. The first kappa shape index (κ1) is 9.72. The van der Waals surface area contributed by atoms with Gasteiger partial charge in [-0.15, -0.1) is 0 Å². The van der Waals surface area contributed by atoms with E-state index in [0.29, 0.717) is 5.92 Å². The lowest BCUT2D eigenvalue weighted by atomic mass is 9.95. The van der Waals surface area contributed by atoms with Crippen LogP contribution in [0.3, 0.4) is 0 Å². The SMILES string of the molecule is CC(=O)C(N)CC(C)CC1CC1. The lowest BCUT2D eigenvalue weighted by Crippen LogP contribution is -2.30. The van der Waals surface area contributed by atoms with E-state index in [1.807, 2.05) is 0 Å². The molecule has 1 saturated carbocycles. The molecular weight excluding hydrogens is 150 g/mol. The van der Waals surface area contributed by atoms with Crippen molar-refractivity contribution in [3.63, 3.8) is 0 Å². The second kappa shape index (κ2) is 4.04. The van der Waals surface area contributed by atoms with Gasteiger partial charge in [-0.3, -0.25) is 4.79 Å². The van der Waals surface area contributed by atoms with Crippen molar-refractivity contribution in [2.75, 3.05) is 0 Å². The van der Waals surface area contributed by atoms with Gasteiger partial charge in [0.15, 0.2) is 0 Å². The van der Waals surface area contributed by atoms with Gasteiger partial charge in [-0.2, -0.15) is 0 Å². The highest BCUT2D eigenvalue weighted by molar-refractivity contribution is 5.81. The third-order valence-electron chi connectivity index (χ3n) is 2.61. The summed E-state index contributed by atoms with van der Waals surface area (Å²) in [6.07, 6.45) is 4.91. The number of Topliss-reactive ketones (excluding diaryl/α,β-unsaturated/α-hetero) is 1. The van der Waals surface area contributed by atoms with Crippen molar-refractivity contribution in [1.82, 2.24) is 0 Å². The highest BCUT2D eigenvalue weighted by Crippen LogP contribution is 2.36. The molecule has 0 saturated heterocycles. The number of nitrogens with two attached hydrogens (primary N) is 1. The summed E-state index contributed by atoms with van der Waals surface area (Å²) in [5, 5.41) is 0. The summed E-state index contributed by atoms with van der Waals surface area (Å²) in [4.78, 5) is 10.9. The zero-order valence-corrected chi connectivity index (χ0v) is 8.05. The highest BCUT2D eigenvalue weighted by Gasteiger charge is 2.24. The van der Waals surface area contributed by atoms with Gasteiger partial charge in [0.1, 0.15) is 5.78 Å². The summed E-state index contributed by atoms with van der Waals surface area (Å²) in [5.41, 5.74) is 5.66. The van der Waals surface area contributed by atoms with Crippen LogP contribution in [0.5, 0.6) is 0 Å². The molecule has 0 radical (unpaired) electrons. The van der Waals surface area contributed by atoms with Crippen LogP contribution in [0.15, 0.2) is 0 Å². The Hall–Kier alpha value is -0.370. The van der Waals surface area contributed by atoms with Gasteiger partial charge in [0.2, 0.25) is 0 Å². The molecule has 0 aromatic rings. The number of carbonyl (C=O) groups is 1. The quantitative estimate of drug-likeness (QED) is 0.681. The Morgan fingerprint density at radius 1 is 1.58 bits per heavy atom. The molecule has 1 fully saturated rings. The molecule has 2 unspecified atom stereocenters. The molecular formula is C10H19NO. The van der Waals surface area contributed by atoms with E-state index in [2.05, 4.69) is 6.92 Å². The molecule has 12 heavy (non-hydrogen) atoms. The first-order valence-electron chi connectivity index (χ1n) is 4.85. The number of ketones is 1. The first-order chi connectivity index (χ1) is 5.59. The fourth-order valence-electron chi connectivity index (χ4n) is 1.62. The van der Waals surface area contributed by atoms with E-state index in [1.165, 1.54) is 19.3 Å². The van der Waals surface area contributed by atoms with Crippen molar-refractivity contribution < 1.29 is 4.79 Å². The fraction of sp³-hybridized carbons (Fsp3) is 0.900. The zero-order valence-electron chi connectivity index (χ0n) is 8.05. The van der Waals surface area contributed by atoms with Crippen LogP contribution in [0.2, 0.25) is 0 Å². The standard InChI is InChI=1S/C10H19NO/c1-7(5-9-3-4-9)6-10(11)8(2)12/h7,9-10H,3-6,11H2,1-2H3. The summed E-state index contributed by atoms with van der Waals surface area (Å²) in [6, 6.07) is -0.223. The smallest absolute Gasteiger partial charge is 0.146 e. The second-order valence-corrected chi connectivity index (χ2v) is 4.24. The first-order valence-corrected chi connectivity index (χ1v) is 4.85. The van der Waals surface area contributed by atoms with E-state index in [-0.39, 0.29) is 11.8 Å². The Bertz CT molecular complexity index is 163. The minimum absolute atomic E-state index is 0.123. The molecule has 2 heteroatoms. The molecule has 0 aromatic carbocycles. The number of hydrogen-bond donors (Lipinski definition) is 1. The Morgan fingerprint density at radius 2 is 2.17 bits per heavy atom. The Labute approximate surface area is 74.5 Å². The van der Waals surface area contributed by atoms with Gasteiger partial charge in [0, 0.05) is 0 Å². The van der Waals surface area contributed by atoms with Crippen LogP contribution >= 0.6 is 0 Å². The zero-order chi connectivity index (χ0) is 9.14. The molecule has 0 heterocycles. The van der Waals surface area contributed by atoms with Gasteiger partial charge in [0.25, 0.3) is 0 Å². The van der Waals surface area contributed by atoms with Crippen LogP contribution < -0.4 is 5.73 Å². The average Bonchev–Trinajstić information content (AvgIpc) is 2.71. The fourth-order valence-corrected chi connectivity index (χ4v) is 1.62. The predicted octanol–water partition coefficient (Wildman–Crippen LogP) is 1.73. The van der Waals surface area contributed by atoms with Gasteiger partial charge in [-0.1, -0.05) is 19.8 Å². The molecule has 70 valence electrons. The van der Waals surface area contributed by atoms with E-state index < -0.39 is 0 Å². The molecule has 1 aliphatic rings. The third kappa shape index (κ3) is 3.35. The number of hydrogen-bond acceptors (Lipinski definition) is 2. The van der Waals surface area contributed by atoms with Gasteiger partial charge >= 0.3 is 0 Å². The summed E-state index contributed by atoms with van der Waals surface area (Å²) in [5.74, 6) is 1.69. The largest absolute Gasteiger partial charge is 0.322 e. The summed E-state index contributed by atoms with van der Waals surface area (Å²) >= 11 is 0. The Morgan fingerprint density at radius 3 is 2.58 bits per heavy atom. The molecule has 0 aliphatic heterocycles. The van der Waals surface area contributed by atoms with E-state index in [4.69, 9.17) is 5.73 Å². The number of carbonyl (C=O) groups excluding carboxylic acids is 1. The summed E-state index contributed by atoms with van der Waals surface area (Å²) in [6.45, 7) is 3.77. The summed E-state index contributed by atoms with van der Waals surface area (Å²) < 4.78 is 0. The van der Waals surface area contributed by atoms with Crippen molar-refractivity contribution in [2.24, 2.45) is 17.6 Å². The highest BCUT2D eigenvalue weighted by atomic mass is 16.1. The van der Waals surface area contributed by atoms with Crippen LogP contribution in [0.1, 0.15) is 39.5 Å². The molecule has 1 aliphatic carbocycles. The second-order valence-electron chi connectivity index (χ2n) is 4.24. The Kier molecular flexibility index (Phi) is 3.27. The van der Waals surface area contributed by atoms with Gasteiger partial charge in [-0.05, 0) is 31.6 Å². The van der Waals surface area contributed by atoms with Crippen molar-refractivity contribution in [3.05, 3.63) is 0 Å². The van der Waals surface area contributed by atoms with Crippen molar-refractivity contribution in [2.45, 2.75) is 45.6 Å². The van der Waals surface area contributed by atoms with Gasteiger partial charge < -0.3 is 5.73 Å². The minimum Gasteiger partial charge on any atom is -0.322 e. The topological polar surface area (TPSA) is 43.1 Å². The van der Waals surface area contributed by atoms with Gasteiger partial charge in [-0.25, -0.2) is 0 Å². The van der Waals surface area contributed by atoms with Crippen LogP contribution in [0.4, 0.5) is 0 Å². The Balaban J connectivity index is 2.14. The maximum Gasteiger partial charge on any atom is 0.146 e. The lowest BCUT2D eigenvalue weighted by molar-refractivity contribution is -0.118. The van der Waals surface area contributed by atoms with Crippen molar-refractivity contribution >= 4 is 5.78 Å². The van der Waals surface area contributed by atoms with E-state index in [9.17, 15) is 4.79 Å².